The van der Waals surface area contributed by atoms with Gasteiger partial charge in [0.1, 0.15) is 12.7 Å². The van der Waals surface area contributed by atoms with Crippen LogP contribution in [0.2, 0.25) is 0 Å². The molecule has 12 heteroatoms. The second kappa shape index (κ2) is 43.8. The summed E-state index contributed by atoms with van der Waals surface area (Å²) in [7, 11) is -4.78. The Morgan fingerprint density at radius 3 is 1.34 bits per heavy atom. The van der Waals surface area contributed by atoms with Crippen molar-refractivity contribution >= 4 is 25.7 Å². The third-order valence-corrected chi connectivity index (χ3v) is 10.0. The van der Waals surface area contributed by atoms with Crippen LogP contribution in [0.5, 0.6) is 0 Å². The summed E-state index contributed by atoms with van der Waals surface area (Å²) < 4.78 is 26.8. The Balaban J connectivity index is 4.00. The molecule has 11 nitrogen and oxygen atoms in total. The molecule has 0 fully saturated rings. The van der Waals surface area contributed by atoms with Gasteiger partial charge in [-0.2, -0.15) is 0 Å². The number of phosphoric acid groups is 1. The highest BCUT2D eigenvalue weighted by Gasteiger charge is 2.28. The molecule has 3 atom stereocenters. The van der Waals surface area contributed by atoms with Gasteiger partial charge in [-0.1, -0.05) is 155 Å². The molecule has 1 amide bonds. The van der Waals surface area contributed by atoms with Crippen molar-refractivity contribution < 1.29 is 47.8 Å². The molecule has 62 heavy (non-hydrogen) atoms. The molecule has 0 aliphatic rings. The molecule has 3 unspecified atom stereocenters. The predicted molar refractivity (Wildman–Crippen MR) is 253 cm³/mol. The highest BCUT2D eigenvalue weighted by molar-refractivity contribution is 7.47. The number of ether oxygens (including phenoxy) is 1. The molecule has 0 aromatic rings. The minimum Gasteiger partial charge on any atom is -0.480 e. The Labute approximate surface area is 374 Å². The van der Waals surface area contributed by atoms with Crippen molar-refractivity contribution in [3.8, 4) is 0 Å². The molecule has 0 spiro atoms. The third-order valence-electron chi connectivity index (χ3n) is 9.06. The number of hydrogen-bond acceptors (Lipinski definition) is 8. The SMILES string of the molecule is CC/C=C\C/C=C\C/C=C\C/C=C\C/C=C\C/C=C\CCCCC(=O)NC(COP(=O)(O)OCC(O)COC(=O)CCCCCCCCC/C=C\C/C=C\C/C=C\CC)C(=O)O. The van der Waals surface area contributed by atoms with E-state index in [0.29, 0.717) is 12.8 Å². The van der Waals surface area contributed by atoms with Gasteiger partial charge in [0.2, 0.25) is 5.91 Å². The van der Waals surface area contributed by atoms with Crippen LogP contribution in [0.3, 0.4) is 0 Å². The number of carbonyl (C=O) groups is 3. The average molecular weight is 886 g/mol. The number of amides is 1. The third kappa shape index (κ3) is 42.8. The Morgan fingerprint density at radius 2 is 0.887 bits per heavy atom. The zero-order chi connectivity index (χ0) is 45.6. The molecular formula is C50H80NO10P. The molecule has 0 aromatic heterocycles. The molecule has 0 aliphatic heterocycles. The first-order valence-corrected chi connectivity index (χ1v) is 24.4. The summed E-state index contributed by atoms with van der Waals surface area (Å²) in [6, 6.07) is -1.58. The molecule has 350 valence electrons. The highest BCUT2D eigenvalue weighted by Crippen LogP contribution is 2.43. The Bertz CT molecular complexity index is 1460. The Hall–Kier alpha value is -3.86. The van der Waals surface area contributed by atoms with E-state index >= 15 is 0 Å². The van der Waals surface area contributed by atoms with E-state index in [4.69, 9.17) is 13.8 Å². The molecule has 4 N–H and O–H groups in total. The van der Waals surface area contributed by atoms with E-state index in [9.17, 15) is 34.1 Å². The van der Waals surface area contributed by atoms with E-state index in [1.165, 1.54) is 12.8 Å². The number of nitrogens with one attached hydrogen (secondary N) is 1. The fourth-order valence-electron chi connectivity index (χ4n) is 5.57. The topological polar surface area (TPSA) is 169 Å². The second-order valence-corrected chi connectivity index (χ2v) is 16.3. The monoisotopic (exact) mass is 886 g/mol. The van der Waals surface area contributed by atoms with Crippen molar-refractivity contribution in [2.24, 2.45) is 0 Å². The number of rotatable bonds is 41. The van der Waals surface area contributed by atoms with Crippen LogP contribution in [0.1, 0.15) is 155 Å². The van der Waals surface area contributed by atoms with Gasteiger partial charge in [-0.3, -0.25) is 18.6 Å². The minimum atomic E-state index is -4.78. The number of allylic oxidation sites excluding steroid dienone is 18. The number of phosphoric ester groups is 1. The molecule has 0 rings (SSSR count). The van der Waals surface area contributed by atoms with Gasteiger partial charge < -0.3 is 25.2 Å². The number of carboxylic acid groups (broad SMARTS) is 1. The molecule has 0 aliphatic carbocycles. The van der Waals surface area contributed by atoms with Crippen molar-refractivity contribution in [3.63, 3.8) is 0 Å². The van der Waals surface area contributed by atoms with E-state index in [-0.39, 0.29) is 12.8 Å². The van der Waals surface area contributed by atoms with Gasteiger partial charge in [0, 0.05) is 12.8 Å². The molecule has 0 aromatic carbocycles. The second-order valence-electron chi connectivity index (χ2n) is 14.8. The van der Waals surface area contributed by atoms with Crippen LogP contribution < -0.4 is 5.32 Å². The lowest BCUT2D eigenvalue weighted by atomic mass is 10.1. The van der Waals surface area contributed by atoms with Crippen LogP contribution in [-0.2, 0) is 32.7 Å². The lowest BCUT2D eigenvalue weighted by Gasteiger charge is -2.18. The number of unbranched alkanes of at least 4 members (excludes halogenated alkanes) is 9. The van der Waals surface area contributed by atoms with E-state index < -0.39 is 57.6 Å². The maximum Gasteiger partial charge on any atom is 0.472 e. The maximum absolute atomic E-state index is 12.3. The van der Waals surface area contributed by atoms with Crippen LogP contribution in [0.15, 0.2) is 109 Å². The maximum atomic E-state index is 12.3. The molecule has 0 radical (unpaired) electrons. The van der Waals surface area contributed by atoms with Crippen molar-refractivity contribution in [2.75, 3.05) is 19.8 Å². The summed E-state index contributed by atoms with van der Waals surface area (Å²) in [5, 5.41) is 21.8. The summed E-state index contributed by atoms with van der Waals surface area (Å²) in [6.45, 7) is 2.31. The Kier molecular flexibility index (Phi) is 41.0. The number of carboxylic acids is 1. The first-order chi connectivity index (χ1) is 30.1. The normalized spacial score (nSPS) is 14.6. The van der Waals surface area contributed by atoms with E-state index in [1.807, 2.05) is 6.08 Å². The lowest BCUT2D eigenvalue weighted by Crippen LogP contribution is -2.43. The van der Waals surface area contributed by atoms with Crippen LogP contribution in [-0.4, -0.2) is 64.9 Å². The highest BCUT2D eigenvalue weighted by atomic mass is 31.2. The standard InChI is InChI=1S/C50H80NO10P/c1-3-5-7-9-11-13-15-17-19-21-22-23-24-26-27-29-31-33-35-37-39-41-48(53)51-47(50(55)56)45-61-62(57,58)60-44-46(52)43-59-49(54)42-40-38-36-34-32-30-28-25-20-18-16-14-12-10-8-6-4-2/h5-8,11-14,17-20,22-23,26-27,31,33,46-47,52H,3-4,9-10,15-16,21,24-25,28-30,32,34-45H2,1-2H3,(H,51,53)(H,55,56)(H,57,58)/b7-5-,8-6-,13-11-,14-12-,19-17-,20-18-,23-22-,27-26-,33-31-. The molecular weight excluding hydrogens is 806 g/mol. The van der Waals surface area contributed by atoms with Crippen LogP contribution in [0.4, 0.5) is 0 Å². The molecule has 0 saturated heterocycles. The zero-order valence-electron chi connectivity index (χ0n) is 37.9. The summed E-state index contributed by atoms with van der Waals surface area (Å²) in [5.41, 5.74) is 0. The van der Waals surface area contributed by atoms with Gasteiger partial charge in [-0.25, -0.2) is 9.36 Å². The Morgan fingerprint density at radius 1 is 0.516 bits per heavy atom. The van der Waals surface area contributed by atoms with Crippen LogP contribution >= 0.6 is 7.82 Å². The van der Waals surface area contributed by atoms with Crippen molar-refractivity contribution in [1.29, 1.82) is 0 Å². The number of carbonyl (C=O) groups excluding carboxylic acids is 2. The number of hydrogen-bond donors (Lipinski definition) is 4. The minimum absolute atomic E-state index is 0.0830. The largest absolute Gasteiger partial charge is 0.480 e. The number of aliphatic carboxylic acids is 1. The van der Waals surface area contributed by atoms with E-state index in [0.717, 1.165) is 103 Å². The molecule has 0 saturated carbocycles. The van der Waals surface area contributed by atoms with E-state index in [2.05, 4.69) is 122 Å². The molecule has 0 heterocycles. The predicted octanol–water partition coefficient (Wildman–Crippen LogP) is 12.2. The smallest absolute Gasteiger partial charge is 0.472 e. The summed E-state index contributed by atoms with van der Waals surface area (Å²) >= 11 is 0. The summed E-state index contributed by atoms with van der Waals surface area (Å²) in [5.74, 6) is -2.46. The first-order valence-electron chi connectivity index (χ1n) is 22.9. The van der Waals surface area contributed by atoms with Gasteiger partial charge in [0.05, 0.1) is 13.2 Å². The van der Waals surface area contributed by atoms with Crippen LogP contribution in [0.25, 0.3) is 0 Å². The van der Waals surface area contributed by atoms with Gasteiger partial charge in [-0.05, 0) is 96.3 Å². The molecule has 0 bridgehead atoms. The lowest BCUT2D eigenvalue weighted by molar-refractivity contribution is -0.147. The first kappa shape index (κ1) is 58.1. The van der Waals surface area contributed by atoms with Crippen LogP contribution in [0, 0.1) is 0 Å². The fraction of sp³-hybridized carbons (Fsp3) is 0.580. The van der Waals surface area contributed by atoms with Crippen molar-refractivity contribution in [1.82, 2.24) is 5.32 Å². The van der Waals surface area contributed by atoms with E-state index in [1.54, 1.807) is 0 Å². The van der Waals surface area contributed by atoms with Gasteiger partial charge >= 0.3 is 19.8 Å². The van der Waals surface area contributed by atoms with Crippen molar-refractivity contribution in [3.05, 3.63) is 109 Å². The summed E-state index contributed by atoms with van der Waals surface area (Å²) in [4.78, 5) is 46.0. The zero-order valence-corrected chi connectivity index (χ0v) is 38.8. The fourth-order valence-corrected chi connectivity index (χ4v) is 6.34. The quantitative estimate of drug-likeness (QED) is 0.0201. The summed E-state index contributed by atoms with van der Waals surface area (Å²) in [6.07, 6.45) is 56.8. The van der Waals surface area contributed by atoms with Crippen molar-refractivity contribution in [2.45, 2.75) is 167 Å². The average Bonchev–Trinajstić information content (AvgIpc) is 3.25. The number of aliphatic hydroxyl groups is 1. The van der Waals surface area contributed by atoms with Gasteiger partial charge in [0.15, 0.2) is 6.04 Å². The number of esters is 1. The van der Waals surface area contributed by atoms with Gasteiger partial charge in [0.25, 0.3) is 0 Å². The number of aliphatic hydroxyl groups excluding tert-OH is 1. The van der Waals surface area contributed by atoms with Gasteiger partial charge in [-0.15, -0.1) is 0 Å².